The lowest BCUT2D eigenvalue weighted by Crippen LogP contribution is -2.15. The predicted octanol–water partition coefficient (Wildman–Crippen LogP) is 10.1. The van der Waals surface area contributed by atoms with Crippen LogP contribution in [0.15, 0.2) is 0 Å². The molecule has 0 saturated heterocycles. The van der Waals surface area contributed by atoms with Gasteiger partial charge in [0.15, 0.2) is 0 Å². The molecular formula is C28H54OS2. The van der Waals surface area contributed by atoms with Gasteiger partial charge in [-0.1, -0.05) is 146 Å². The SMILES string of the molecule is O=S(SCC1CCCCCCCCCCCCC1)C1CCCCCCCCCCCC1. The third-order valence-corrected chi connectivity index (χ3v) is 11.5. The summed E-state index contributed by atoms with van der Waals surface area (Å²) in [5.74, 6) is 1.97. The van der Waals surface area contributed by atoms with Crippen molar-refractivity contribution in [1.29, 1.82) is 0 Å². The van der Waals surface area contributed by atoms with Crippen molar-refractivity contribution >= 4 is 20.6 Å². The summed E-state index contributed by atoms with van der Waals surface area (Å²) in [6.07, 6.45) is 34.9. The summed E-state index contributed by atoms with van der Waals surface area (Å²) in [5.41, 5.74) is 0. The minimum Gasteiger partial charge on any atom is -0.248 e. The van der Waals surface area contributed by atoms with Gasteiger partial charge in [-0.2, -0.15) is 0 Å². The molecule has 2 fully saturated rings. The zero-order valence-electron chi connectivity index (χ0n) is 20.8. The van der Waals surface area contributed by atoms with Gasteiger partial charge in [0.25, 0.3) is 0 Å². The first-order chi connectivity index (χ1) is 15.4. The van der Waals surface area contributed by atoms with Crippen molar-refractivity contribution < 1.29 is 4.21 Å². The van der Waals surface area contributed by atoms with E-state index in [0.29, 0.717) is 5.25 Å². The lowest BCUT2D eigenvalue weighted by atomic mass is 9.95. The first kappa shape index (κ1) is 27.7. The molecule has 184 valence electrons. The first-order valence-corrected chi connectivity index (χ1v) is 17.1. The van der Waals surface area contributed by atoms with Crippen LogP contribution in [-0.4, -0.2) is 15.2 Å². The molecule has 0 radical (unpaired) electrons. The van der Waals surface area contributed by atoms with Crippen molar-refractivity contribution in [2.45, 2.75) is 166 Å². The molecule has 0 heterocycles. The summed E-state index contributed by atoms with van der Waals surface area (Å²) in [4.78, 5) is 0. The molecule has 0 amide bonds. The smallest absolute Gasteiger partial charge is 0.0835 e. The number of hydrogen-bond acceptors (Lipinski definition) is 2. The van der Waals surface area contributed by atoms with Crippen LogP contribution in [0.4, 0.5) is 0 Å². The van der Waals surface area contributed by atoms with Crippen LogP contribution >= 0.6 is 10.8 Å². The van der Waals surface area contributed by atoms with E-state index in [9.17, 15) is 4.21 Å². The number of hydrogen-bond donors (Lipinski definition) is 0. The molecule has 31 heavy (non-hydrogen) atoms. The topological polar surface area (TPSA) is 17.1 Å². The Hall–Kier alpha value is 0.500. The van der Waals surface area contributed by atoms with E-state index in [2.05, 4.69) is 0 Å². The van der Waals surface area contributed by atoms with Crippen molar-refractivity contribution in [2.24, 2.45) is 5.92 Å². The summed E-state index contributed by atoms with van der Waals surface area (Å²) >= 11 is 0. The molecule has 2 rings (SSSR count). The van der Waals surface area contributed by atoms with Gasteiger partial charge >= 0.3 is 0 Å². The van der Waals surface area contributed by atoms with Crippen LogP contribution in [0.1, 0.15) is 161 Å². The highest BCUT2D eigenvalue weighted by atomic mass is 33.1. The van der Waals surface area contributed by atoms with Gasteiger partial charge in [0.1, 0.15) is 0 Å². The fourth-order valence-electron chi connectivity index (χ4n) is 5.52. The van der Waals surface area contributed by atoms with Gasteiger partial charge < -0.3 is 0 Å². The van der Waals surface area contributed by atoms with Crippen LogP contribution in [0.3, 0.4) is 0 Å². The van der Waals surface area contributed by atoms with Gasteiger partial charge in [0.2, 0.25) is 0 Å². The van der Waals surface area contributed by atoms with E-state index in [1.165, 1.54) is 161 Å². The Bertz CT molecular complexity index is 397. The average molecular weight is 471 g/mol. The van der Waals surface area contributed by atoms with Gasteiger partial charge in [-0.3, -0.25) is 0 Å². The van der Waals surface area contributed by atoms with Crippen LogP contribution < -0.4 is 0 Å². The summed E-state index contributed by atoms with van der Waals surface area (Å²) < 4.78 is 13.3. The Kier molecular flexibility index (Phi) is 17.8. The monoisotopic (exact) mass is 470 g/mol. The molecular weight excluding hydrogens is 416 g/mol. The fraction of sp³-hybridized carbons (Fsp3) is 1.00. The van der Waals surface area contributed by atoms with E-state index < -0.39 is 9.83 Å². The zero-order chi connectivity index (χ0) is 21.8. The van der Waals surface area contributed by atoms with E-state index in [1.807, 2.05) is 10.8 Å². The normalized spacial score (nSPS) is 25.4. The fourth-order valence-corrected chi connectivity index (χ4v) is 9.23. The summed E-state index contributed by atoms with van der Waals surface area (Å²) in [5, 5.41) is 0.462. The molecule has 1 unspecified atom stereocenters. The highest BCUT2D eigenvalue weighted by molar-refractivity contribution is 8.69. The van der Waals surface area contributed by atoms with Crippen molar-refractivity contribution in [2.75, 3.05) is 5.75 Å². The van der Waals surface area contributed by atoms with Crippen molar-refractivity contribution in [3.05, 3.63) is 0 Å². The standard InChI is InChI=1S/C28H54OS2/c29-31(28-24-20-16-12-8-4-5-9-13-17-21-25-28)30-26-27-22-18-14-10-6-2-1-3-7-11-15-19-23-27/h27-28H,1-26H2. The van der Waals surface area contributed by atoms with E-state index >= 15 is 0 Å². The molecule has 0 bridgehead atoms. The Balaban J connectivity index is 1.75. The first-order valence-electron chi connectivity index (χ1n) is 14.4. The van der Waals surface area contributed by atoms with E-state index in [4.69, 9.17) is 0 Å². The van der Waals surface area contributed by atoms with Crippen LogP contribution in [0.25, 0.3) is 0 Å². The Morgan fingerprint density at radius 1 is 0.452 bits per heavy atom. The maximum absolute atomic E-state index is 13.3. The lowest BCUT2D eigenvalue weighted by molar-refractivity contribution is 0.429. The molecule has 2 aliphatic rings. The molecule has 2 saturated carbocycles. The van der Waals surface area contributed by atoms with Gasteiger partial charge in [0, 0.05) is 11.0 Å². The molecule has 2 aliphatic carbocycles. The molecule has 0 aromatic rings. The summed E-state index contributed by atoms with van der Waals surface area (Å²) in [6, 6.07) is 0. The minimum atomic E-state index is -0.667. The van der Waals surface area contributed by atoms with E-state index in [-0.39, 0.29) is 0 Å². The molecule has 0 N–H and O–H groups in total. The van der Waals surface area contributed by atoms with E-state index in [1.54, 1.807) is 0 Å². The highest BCUT2D eigenvalue weighted by Gasteiger charge is 2.19. The zero-order valence-corrected chi connectivity index (χ0v) is 22.4. The molecule has 1 atom stereocenters. The second-order valence-electron chi connectivity index (χ2n) is 10.6. The molecule has 1 nitrogen and oxygen atoms in total. The Morgan fingerprint density at radius 3 is 1.10 bits per heavy atom. The Morgan fingerprint density at radius 2 is 0.742 bits per heavy atom. The van der Waals surface area contributed by atoms with Crippen LogP contribution in [0, 0.1) is 5.92 Å². The van der Waals surface area contributed by atoms with Crippen LogP contribution in [-0.2, 0) is 9.83 Å². The molecule has 0 aliphatic heterocycles. The van der Waals surface area contributed by atoms with Crippen molar-refractivity contribution in [1.82, 2.24) is 0 Å². The second kappa shape index (κ2) is 19.9. The Labute approximate surface area is 201 Å². The summed E-state index contributed by atoms with van der Waals surface area (Å²) in [6.45, 7) is 0. The van der Waals surface area contributed by atoms with Gasteiger partial charge in [-0.05, 0) is 31.6 Å². The maximum Gasteiger partial charge on any atom is 0.0835 e. The van der Waals surface area contributed by atoms with Gasteiger partial charge in [-0.25, -0.2) is 4.21 Å². The molecule has 0 spiro atoms. The van der Waals surface area contributed by atoms with Crippen molar-refractivity contribution in [3.63, 3.8) is 0 Å². The quantitative estimate of drug-likeness (QED) is 0.380. The third kappa shape index (κ3) is 15.1. The summed E-state index contributed by atoms with van der Waals surface area (Å²) in [7, 11) is 1.18. The molecule has 0 aromatic carbocycles. The van der Waals surface area contributed by atoms with Crippen LogP contribution in [0.5, 0.6) is 0 Å². The largest absolute Gasteiger partial charge is 0.248 e. The predicted molar refractivity (Wildman–Crippen MR) is 143 cm³/mol. The number of rotatable bonds is 4. The third-order valence-electron chi connectivity index (χ3n) is 7.72. The lowest BCUT2D eigenvalue weighted by Gasteiger charge is -2.20. The highest BCUT2D eigenvalue weighted by Crippen LogP contribution is 2.29. The van der Waals surface area contributed by atoms with Crippen LogP contribution in [0.2, 0.25) is 0 Å². The van der Waals surface area contributed by atoms with Gasteiger partial charge in [-0.15, -0.1) is 0 Å². The maximum atomic E-state index is 13.3. The minimum absolute atomic E-state index is 0.462. The average Bonchev–Trinajstić information content (AvgIpc) is 2.81. The van der Waals surface area contributed by atoms with Crippen molar-refractivity contribution in [3.8, 4) is 0 Å². The molecule has 3 heteroatoms. The van der Waals surface area contributed by atoms with Gasteiger partial charge in [0.05, 0.1) is 9.83 Å². The van der Waals surface area contributed by atoms with E-state index in [0.717, 1.165) is 11.7 Å². The second-order valence-corrected chi connectivity index (χ2v) is 14.1. The molecule has 0 aromatic heterocycles.